The molecule has 2 fully saturated rings. The standard InChI is InChI=1S/C20H24N4O6/c1-20(13-7-3-2-4-8-13)18(28)24(19(29)22-20)11-16(26)30-12-15(25)23-10-6-5-9-14(23)17(21)27/h2-4,7-8,14H,5-6,9-12H2,1H3,(H2,21,27)(H,22,29)/t14-,20+/m0/s1. The monoisotopic (exact) mass is 416 g/mol. The number of esters is 1. The quantitative estimate of drug-likeness (QED) is 0.489. The van der Waals surface area contributed by atoms with Crippen LogP contribution in [-0.4, -0.2) is 65.3 Å². The summed E-state index contributed by atoms with van der Waals surface area (Å²) >= 11 is 0. The first-order valence-electron chi connectivity index (χ1n) is 9.68. The predicted octanol–water partition coefficient (Wildman–Crippen LogP) is -0.137. The average molecular weight is 416 g/mol. The fourth-order valence-corrected chi connectivity index (χ4v) is 3.73. The number of imide groups is 1. The lowest BCUT2D eigenvalue weighted by Gasteiger charge is -2.33. The van der Waals surface area contributed by atoms with Crippen LogP contribution in [0.5, 0.6) is 0 Å². The molecule has 2 aliphatic rings. The van der Waals surface area contributed by atoms with Crippen molar-refractivity contribution in [2.75, 3.05) is 19.7 Å². The molecule has 0 unspecified atom stereocenters. The summed E-state index contributed by atoms with van der Waals surface area (Å²) in [7, 11) is 0. The molecule has 0 spiro atoms. The van der Waals surface area contributed by atoms with Crippen molar-refractivity contribution in [3.05, 3.63) is 35.9 Å². The van der Waals surface area contributed by atoms with Crippen LogP contribution in [0.1, 0.15) is 31.7 Å². The minimum absolute atomic E-state index is 0.354. The average Bonchev–Trinajstić information content (AvgIpc) is 2.96. The minimum Gasteiger partial charge on any atom is -0.454 e. The number of benzene rings is 1. The summed E-state index contributed by atoms with van der Waals surface area (Å²) in [6, 6.07) is 7.22. The van der Waals surface area contributed by atoms with Crippen molar-refractivity contribution >= 4 is 29.7 Å². The molecule has 0 aliphatic carbocycles. The zero-order valence-corrected chi connectivity index (χ0v) is 16.6. The molecule has 160 valence electrons. The number of rotatable bonds is 6. The van der Waals surface area contributed by atoms with E-state index in [1.54, 1.807) is 37.3 Å². The molecule has 3 rings (SSSR count). The van der Waals surface area contributed by atoms with Gasteiger partial charge in [-0.05, 0) is 31.7 Å². The number of nitrogens with two attached hydrogens (primary N) is 1. The first kappa shape index (κ1) is 21.3. The highest BCUT2D eigenvalue weighted by molar-refractivity contribution is 6.08. The Labute approximate surface area is 173 Å². The van der Waals surface area contributed by atoms with Crippen molar-refractivity contribution in [1.82, 2.24) is 15.1 Å². The lowest BCUT2D eigenvalue weighted by molar-refractivity contribution is -0.156. The van der Waals surface area contributed by atoms with Crippen LogP contribution in [0, 0.1) is 0 Å². The first-order chi connectivity index (χ1) is 14.2. The fourth-order valence-electron chi connectivity index (χ4n) is 3.73. The maximum atomic E-state index is 12.8. The number of nitrogens with one attached hydrogen (secondary N) is 1. The Morgan fingerprint density at radius 1 is 1.20 bits per heavy atom. The predicted molar refractivity (Wildman–Crippen MR) is 104 cm³/mol. The van der Waals surface area contributed by atoms with Crippen LogP contribution in [0.15, 0.2) is 30.3 Å². The van der Waals surface area contributed by atoms with Gasteiger partial charge < -0.3 is 20.7 Å². The fraction of sp³-hybridized carbons (Fsp3) is 0.450. The number of likely N-dealkylation sites (tertiary alicyclic amines) is 1. The van der Waals surface area contributed by atoms with Gasteiger partial charge >= 0.3 is 12.0 Å². The highest BCUT2D eigenvalue weighted by Crippen LogP contribution is 2.28. The molecular formula is C20H24N4O6. The normalized spacial score (nSPS) is 23.8. The summed E-state index contributed by atoms with van der Waals surface area (Å²) < 4.78 is 4.96. The van der Waals surface area contributed by atoms with Crippen LogP contribution in [-0.2, 0) is 29.5 Å². The summed E-state index contributed by atoms with van der Waals surface area (Å²) in [6.07, 6.45) is 1.98. The number of primary amides is 1. The van der Waals surface area contributed by atoms with E-state index in [2.05, 4.69) is 5.32 Å². The SMILES string of the molecule is C[C@]1(c2ccccc2)NC(=O)N(CC(=O)OCC(=O)N2CCCC[C@H]2C(N)=O)C1=O. The van der Waals surface area contributed by atoms with Crippen LogP contribution in [0.2, 0.25) is 0 Å². The van der Waals surface area contributed by atoms with Gasteiger partial charge in [0.05, 0.1) is 0 Å². The number of amides is 5. The third-order valence-electron chi connectivity index (χ3n) is 5.42. The summed E-state index contributed by atoms with van der Waals surface area (Å²) in [5, 5.41) is 2.59. The van der Waals surface area contributed by atoms with Crippen molar-refractivity contribution in [1.29, 1.82) is 0 Å². The van der Waals surface area contributed by atoms with Crippen molar-refractivity contribution in [2.24, 2.45) is 5.73 Å². The Hall–Kier alpha value is -3.43. The Morgan fingerprint density at radius 3 is 2.57 bits per heavy atom. The molecule has 3 N–H and O–H groups in total. The van der Waals surface area contributed by atoms with Gasteiger partial charge in [-0.25, -0.2) is 4.79 Å². The van der Waals surface area contributed by atoms with Gasteiger partial charge in [-0.2, -0.15) is 0 Å². The zero-order chi connectivity index (χ0) is 21.9. The van der Waals surface area contributed by atoms with Crippen LogP contribution >= 0.6 is 0 Å². The summed E-state index contributed by atoms with van der Waals surface area (Å²) in [6.45, 7) is 0.687. The molecule has 0 radical (unpaired) electrons. The lowest BCUT2D eigenvalue weighted by atomic mass is 9.92. The second-order valence-corrected chi connectivity index (χ2v) is 7.47. The van der Waals surface area contributed by atoms with E-state index in [1.807, 2.05) is 0 Å². The molecule has 30 heavy (non-hydrogen) atoms. The number of piperidine rings is 1. The van der Waals surface area contributed by atoms with Gasteiger partial charge in [-0.3, -0.25) is 24.1 Å². The third kappa shape index (κ3) is 4.12. The van der Waals surface area contributed by atoms with Crippen molar-refractivity contribution in [2.45, 2.75) is 37.8 Å². The molecule has 1 aromatic carbocycles. The highest BCUT2D eigenvalue weighted by atomic mass is 16.5. The second kappa shape index (κ2) is 8.52. The van der Waals surface area contributed by atoms with Gasteiger partial charge in [0.25, 0.3) is 11.8 Å². The maximum absolute atomic E-state index is 12.8. The number of carbonyl (C=O) groups excluding carboxylic acids is 5. The van der Waals surface area contributed by atoms with Gasteiger partial charge in [0.2, 0.25) is 5.91 Å². The maximum Gasteiger partial charge on any atom is 0.326 e. The van der Waals surface area contributed by atoms with Crippen LogP contribution in [0.25, 0.3) is 0 Å². The molecule has 2 saturated heterocycles. The Morgan fingerprint density at radius 2 is 1.90 bits per heavy atom. The topological polar surface area (TPSA) is 139 Å². The number of ether oxygens (including phenoxy) is 1. The van der Waals surface area contributed by atoms with Gasteiger partial charge in [0.1, 0.15) is 18.1 Å². The van der Waals surface area contributed by atoms with E-state index in [4.69, 9.17) is 10.5 Å². The molecule has 2 atom stereocenters. The smallest absolute Gasteiger partial charge is 0.326 e. The lowest BCUT2D eigenvalue weighted by Crippen LogP contribution is -2.51. The Bertz CT molecular complexity index is 873. The van der Waals surface area contributed by atoms with Gasteiger partial charge in [-0.1, -0.05) is 30.3 Å². The largest absolute Gasteiger partial charge is 0.454 e. The van der Waals surface area contributed by atoms with Crippen molar-refractivity contribution < 1.29 is 28.7 Å². The first-order valence-corrected chi connectivity index (χ1v) is 9.68. The molecule has 0 aromatic heterocycles. The van der Waals surface area contributed by atoms with E-state index < -0.39 is 54.5 Å². The zero-order valence-electron chi connectivity index (χ0n) is 16.6. The second-order valence-electron chi connectivity index (χ2n) is 7.47. The van der Waals surface area contributed by atoms with E-state index in [0.29, 0.717) is 18.5 Å². The number of nitrogens with zero attached hydrogens (tertiary/aromatic N) is 2. The van der Waals surface area contributed by atoms with E-state index in [0.717, 1.165) is 17.7 Å². The Balaban J connectivity index is 1.58. The van der Waals surface area contributed by atoms with E-state index in [-0.39, 0.29) is 0 Å². The minimum atomic E-state index is -1.29. The molecular weight excluding hydrogens is 392 g/mol. The highest BCUT2D eigenvalue weighted by Gasteiger charge is 2.49. The molecule has 2 aliphatic heterocycles. The van der Waals surface area contributed by atoms with Gasteiger partial charge in [-0.15, -0.1) is 0 Å². The summed E-state index contributed by atoms with van der Waals surface area (Å²) in [5.74, 6) is -2.64. The number of hydrogen-bond acceptors (Lipinski definition) is 6. The molecule has 10 heteroatoms. The van der Waals surface area contributed by atoms with Gasteiger partial charge in [0, 0.05) is 6.54 Å². The summed E-state index contributed by atoms with van der Waals surface area (Å²) in [4.78, 5) is 63.2. The molecule has 10 nitrogen and oxygen atoms in total. The van der Waals surface area contributed by atoms with E-state index in [9.17, 15) is 24.0 Å². The molecule has 0 saturated carbocycles. The molecule has 5 amide bonds. The van der Waals surface area contributed by atoms with Crippen molar-refractivity contribution in [3.8, 4) is 0 Å². The van der Waals surface area contributed by atoms with Crippen molar-refractivity contribution in [3.63, 3.8) is 0 Å². The van der Waals surface area contributed by atoms with Crippen LogP contribution in [0.4, 0.5) is 4.79 Å². The van der Waals surface area contributed by atoms with E-state index >= 15 is 0 Å². The van der Waals surface area contributed by atoms with Gasteiger partial charge in [0.15, 0.2) is 6.61 Å². The third-order valence-corrected chi connectivity index (χ3v) is 5.42. The number of hydrogen-bond donors (Lipinski definition) is 2. The number of carbonyl (C=O) groups is 5. The summed E-state index contributed by atoms with van der Waals surface area (Å²) in [5.41, 5.74) is 4.62. The van der Waals surface area contributed by atoms with E-state index in [1.165, 1.54) is 4.90 Å². The number of urea groups is 1. The van der Waals surface area contributed by atoms with Crippen LogP contribution < -0.4 is 11.1 Å². The van der Waals surface area contributed by atoms with Crippen LogP contribution in [0.3, 0.4) is 0 Å². The molecule has 2 heterocycles. The molecule has 1 aromatic rings. The Kier molecular flexibility index (Phi) is 6.04. The molecule has 0 bridgehead atoms.